The van der Waals surface area contributed by atoms with E-state index in [4.69, 9.17) is 16.3 Å². The molecule has 0 saturated heterocycles. The Morgan fingerprint density at radius 1 is 1.19 bits per heavy atom. The summed E-state index contributed by atoms with van der Waals surface area (Å²) in [6.07, 6.45) is 4.47. The van der Waals surface area contributed by atoms with Crippen molar-refractivity contribution in [2.45, 2.75) is 46.1 Å². The first kappa shape index (κ1) is 24.3. The number of sulfonamides is 1. The minimum absolute atomic E-state index is 0.0804. The normalized spacial score (nSPS) is 17.2. The molecule has 1 aliphatic heterocycles. The van der Waals surface area contributed by atoms with Gasteiger partial charge in [-0.05, 0) is 56.7 Å². The van der Waals surface area contributed by atoms with Crippen LogP contribution in [0.15, 0.2) is 30.3 Å². The van der Waals surface area contributed by atoms with Gasteiger partial charge in [0.1, 0.15) is 12.4 Å². The lowest BCUT2D eigenvalue weighted by molar-refractivity contribution is -0.155. The number of anilines is 2. The van der Waals surface area contributed by atoms with E-state index in [2.05, 4.69) is 22.4 Å². The monoisotopic (exact) mass is 479 g/mol. The molecule has 0 unspecified atom stereocenters. The van der Waals surface area contributed by atoms with Gasteiger partial charge in [-0.15, -0.1) is 0 Å². The molecule has 0 atom stereocenters. The summed E-state index contributed by atoms with van der Waals surface area (Å²) >= 11 is 6.49. The van der Waals surface area contributed by atoms with E-state index in [1.807, 2.05) is 26.0 Å². The van der Waals surface area contributed by atoms with Gasteiger partial charge in [-0.2, -0.15) is 0 Å². The van der Waals surface area contributed by atoms with Gasteiger partial charge in [0.2, 0.25) is 10.0 Å². The Balaban J connectivity index is 1.96. The van der Waals surface area contributed by atoms with Crippen molar-refractivity contribution in [1.29, 1.82) is 0 Å². The minimum Gasteiger partial charge on any atom is -0.460 e. The Kier molecular flexibility index (Phi) is 7.35. The Morgan fingerprint density at radius 2 is 1.91 bits per heavy atom. The standard InChI is InChI=1S/C23H30ClN3O4S/c1-23(2)14-17-10-7-9-16(12-17)8-5-6-11-25-19-13-18(15-31-22(23)28)20(24)21(26-19)27(3)32(4,29)30/h7,9-10,12-13H,5-6,8,11,14-15H2,1-4H3,(H,25,26). The molecule has 1 aromatic heterocycles. The number of benzene rings is 1. The maximum absolute atomic E-state index is 12.9. The first-order chi connectivity index (χ1) is 15.0. The molecule has 4 bridgehead atoms. The molecule has 0 fully saturated rings. The zero-order valence-corrected chi connectivity index (χ0v) is 20.5. The number of fused-ring (bicyclic) bond motifs is 4. The number of esters is 1. The Hall–Kier alpha value is -2.32. The molecule has 0 saturated carbocycles. The number of nitrogens with zero attached hydrogens (tertiary/aromatic N) is 2. The first-order valence-electron chi connectivity index (χ1n) is 10.6. The third-order valence-corrected chi connectivity index (χ3v) is 7.14. The Labute approximate surface area is 195 Å². The van der Waals surface area contributed by atoms with Gasteiger partial charge >= 0.3 is 5.97 Å². The third-order valence-electron chi connectivity index (χ3n) is 5.56. The number of ether oxygens (including phenoxy) is 1. The molecular formula is C23H30ClN3O4S. The van der Waals surface area contributed by atoms with Crippen LogP contribution in [0.3, 0.4) is 0 Å². The molecule has 1 aromatic carbocycles. The molecule has 0 aliphatic carbocycles. The highest BCUT2D eigenvalue weighted by atomic mass is 35.5. The third kappa shape index (κ3) is 5.92. The number of nitrogens with one attached hydrogen (secondary N) is 1. The molecule has 0 spiro atoms. The van der Waals surface area contributed by atoms with Gasteiger partial charge in [0, 0.05) is 19.2 Å². The van der Waals surface area contributed by atoms with Crippen LogP contribution in [0.4, 0.5) is 11.6 Å². The molecule has 1 N–H and O–H groups in total. The average molecular weight is 480 g/mol. The summed E-state index contributed by atoms with van der Waals surface area (Å²) in [7, 11) is -2.18. The summed E-state index contributed by atoms with van der Waals surface area (Å²) in [4.78, 5) is 17.3. The lowest BCUT2D eigenvalue weighted by atomic mass is 9.85. The fourth-order valence-corrected chi connectivity index (χ4v) is 4.39. The van der Waals surface area contributed by atoms with Gasteiger partial charge in [-0.25, -0.2) is 13.4 Å². The van der Waals surface area contributed by atoms with Crippen LogP contribution in [0.5, 0.6) is 0 Å². The summed E-state index contributed by atoms with van der Waals surface area (Å²) in [5.41, 5.74) is 2.09. The van der Waals surface area contributed by atoms with Crippen molar-refractivity contribution in [2.75, 3.05) is 29.5 Å². The zero-order chi connectivity index (χ0) is 23.5. The van der Waals surface area contributed by atoms with Crippen LogP contribution >= 0.6 is 11.6 Å². The van der Waals surface area contributed by atoms with E-state index in [-0.39, 0.29) is 23.4 Å². The van der Waals surface area contributed by atoms with Crippen LogP contribution < -0.4 is 9.62 Å². The van der Waals surface area contributed by atoms with Gasteiger partial charge in [-0.3, -0.25) is 9.10 Å². The van der Waals surface area contributed by atoms with Crippen molar-refractivity contribution < 1.29 is 17.9 Å². The number of carbonyl (C=O) groups is 1. The van der Waals surface area contributed by atoms with Crippen molar-refractivity contribution in [1.82, 2.24) is 4.98 Å². The summed E-state index contributed by atoms with van der Waals surface area (Å²) < 4.78 is 30.8. The van der Waals surface area contributed by atoms with Crippen molar-refractivity contribution in [3.63, 3.8) is 0 Å². The predicted molar refractivity (Wildman–Crippen MR) is 128 cm³/mol. The number of halogens is 1. The quantitative estimate of drug-likeness (QED) is 0.649. The van der Waals surface area contributed by atoms with Gasteiger partial charge in [0.25, 0.3) is 0 Å². The molecule has 0 radical (unpaired) electrons. The van der Waals surface area contributed by atoms with Crippen molar-refractivity contribution >= 4 is 39.2 Å². The van der Waals surface area contributed by atoms with Gasteiger partial charge in [0.15, 0.2) is 5.82 Å². The number of carbonyl (C=O) groups excluding carboxylic acids is 1. The van der Waals surface area contributed by atoms with Crippen LogP contribution in [0.25, 0.3) is 0 Å². The highest BCUT2D eigenvalue weighted by Gasteiger charge is 2.30. The number of aryl methyl sites for hydroxylation is 1. The van der Waals surface area contributed by atoms with E-state index in [0.717, 1.165) is 35.4 Å². The lowest BCUT2D eigenvalue weighted by Gasteiger charge is -2.24. The van der Waals surface area contributed by atoms with Crippen LogP contribution in [0.2, 0.25) is 5.02 Å². The molecular weight excluding hydrogens is 450 g/mol. The summed E-state index contributed by atoms with van der Waals surface area (Å²) in [6, 6.07) is 10.0. The van der Waals surface area contributed by atoms with E-state index >= 15 is 0 Å². The average Bonchev–Trinajstić information content (AvgIpc) is 2.71. The SMILES string of the molecule is CN(c1nc2cc(c1Cl)COC(=O)C(C)(C)Cc1cccc(c1)CCCCN2)S(C)(=O)=O. The van der Waals surface area contributed by atoms with E-state index in [1.165, 1.54) is 12.6 Å². The van der Waals surface area contributed by atoms with Gasteiger partial charge in [-0.1, -0.05) is 35.9 Å². The van der Waals surface area contributed by atoms with E-state index in [9.17, 15) is 13.2 Å². The smallest absolute Gasteiger partial charge is 0.312 e. The molecule has 32 heavy (non-hydrogen) atoms. The fourth-order valence-electron chi connectivity index (χ4n) is 3.62. The number of rotatable bonds is 2. The van der Waals surface area contributed by atoms with Crippen LogP contribution in [0.1, 0.15) is 43.4 Å². The lowest BCUT2D eigenvalue weighted by Crippen LogP contribution is -2.29. The fraction of sp³-hybridized carbons (Fsp3) is 0.478. The molecule has 2 aromatic rings. The largest absolute Gasteiger partial charge is 0.460 e. The molecule has 174 valence electrons. The van der Waals surface area contributed by atoms with Crippen LogP contribution in [-0.4, -0.2) is 39.2 Å². The number of hydrogen-bond donors (Lipinski definition) is 1. The van der Waals surface area contributed by atoms with Crippen molar-refractivity contribution in [2.24, 2.45) is 5.41 Å². The molecule has 0 amide bonds. The maximum Gasteiger partial charge on any atom is 0.312 e. The summed E-state index contributed by atoms with van der Waals surface area (Å²) in [6.45, 7) is 4.30. The molecule has 1 aliphatic rings. The number of aromatic nitrogens is 1. The highest BCUT2D eigenvalue weighted by molar-refractivity contribution is 7.92. The summed E-state index contributed by atoms with van der Waals surface area (Å²) in [5.74, 6) is 0.232. The number of hydrogen-bond acceptors (Lipinski definition) is 6. The van der Waals surface area contributed by atoms with Gasteiger partial charge < -0.3 is 10.1 Å². The molecule has 3 rings (SSSR count). The van der Waals surface area contributed by atoms with Crippen LogP contribution in [0, 0.1) is 5.41 Å². The Bertz CT molecular complexity index is 1100. The molecule has 7 nitrogen and oxygen atoms in total. The minimum atomic E-state index is -3.57. The predicted octanol–water partition coefficient (Wildman–Crippen LogP) is 4.19. The number of cyclic esters (lactones) is 1. The zero-order valence-electron chi connectivity index (χ0n) is 18.9. The van der Waals surface area contributed by atoms with Crippen molar-refractivity contribution in [3.05, 3.63) is 52.0 Å². The number of pyridine rings is 1. The maximum atomic E-state index is 12.9. The Morgan fingerprint density at radius 3 is 2.62 bits per heavy atom. The molecule has 2 heterocycles. The van der Waals surface area contributed by atoms with Gasteiger partial charge in [0.05, 0.1) is 16.7 Å². The van der Waals surface area contributed by atoms with E-state index in [0.29, 0.717) is 24.3 Å². The second-order valence-electron chi connectivity index (χ2n) is 8.88. The summed E-state index contributed by atoms with van der Waals surface area (Å²) in [5, 5.41) is 3.38. The van der Waals surface area contributed by atoms with Crippen LogP contribution in [-0.2, 0) is 39.0 Å². The molecule has 9 heteroatoms. The first-order valence-corrected chi connectivity index (χ1v) is 12.8. The van der Waals surface area contributed by atoms with E-state index in [1.54, 1.807) is 6.07 Å². The second kappa shape index (κ2) is 9.67. The van der Waals surface area contributed by atoms with Crippen molar-refractivity contribution in [3.8, 4) is 0 Å². The van der Waals surface area contributed by atoms with E-state index < -0.39 is 15.4 Å². The second-order valence-corrected chi connectivity index (χ2v) is 11.3. The highest BCUT2D eigenvalue weighted by Crippen LogP contribution is 2.32. The topological polar surface area (TPSA) is 88.6 Å².